The fourth-order valence-corrected chi connectivity index (χ4v) is 2.96. The van der Waals surface area contributed by atoms with Gasteiger partial charge in [-0.3, -0.25) is 4.79 Å². The number of amides is 1. The molecule has 9 heteroatoms. The maximum Gasteiger partial charge on any atom is 0.248 e. The average Bonchev–Trinajstić information content (AvgIpc) is 3.17. The van der Waals surface area contributed by atoms with Crippen molar-refractivity contribution >= 4 is 17.3 Å². The standard InChI is InChI=1S/C19H19FN6O2/c20-15-3-1-2-14(12-15)19-22-24-26(23-19)13-18(27)21-16-4-6-17(7-5-16)25-8-10-28-11-9-25/h1-7,12H,8-11,13H2,(H,21,27). The highest BCUT2D eigenvalue weighted by Gasteiger charge is 2.12. The van der Waals surface area contributed by atoms with Crippen molar-refractivity contribution in [3.05, 3.63) is 54.3 Å². The van der Waals surface area contributed by atoms with Crippen LogP contribution in [-0.2, 0) is 16.1 Å². The summed E-state index contributed by atoms with van der Waals surface area (Å²) in [5.41, 5.74) is 2.29. The van der Waals surface area contributed by atoms with Gasteiger partial charge in [-0.25, -0.2) is 4.39 Å². The first-order chi connectivity index (χ1) is 13.7. The Labute approximate surface area is 160 Å². The van der Waals surface area contributed by atoms with Gasteiger partial charge in [0.05, 0.1) is 13.2 Å². The molecule has 1 aromatic heterocycles. The molecule has 3 aromatic rings. The topological polar surface area (TPSA) is 85.2 Å². The van der Waals surface area contributed by atoms with E-state index in [9.17, 15) is 9.18 Å². The number of halogens is 1. The van der Waals surface area contributed by atoms with Crippen molar-refractivity contribution in [1.29, 1.82) is 0 Å². The summed E-state index contributed by atoms with van der Waals surface area (Å²) in [5.74, 6) is -0.392. The number of tetrazole rings is 1. The molecular weight excluding hydrogens is 363 g/mol. The molecule has 0 bridgehead atoms. The van der Waals surface area contributed by atoms with Crippen LogP contribution >= 0.6 is 0 Å². The van der Waals surface area contributed by atoms with Crippen LogP contribution in [-0.4, -0.2) is 52.4 Å². The van der Waals surface area contributed by atoms with E-state index in [4.69, 9.17) is 4.74 Å². The van der Waals surface area contributed by atoms with Crippen LogP contribution < -0.4 is 10.2 Å². The molecule has 2 heterocycles. The number of aromatic nitrogens is 4. The Balaban J connectivity index is 1.35. The van der Waals surface area contributed by atoms with E-state index in [2.05, 4.69) is 25.6 Å². The first-order valence-corrected chi connectivity index (χ1v) is 8.94. The van der Waals surface area contributed by atoms with Crippen molar-refractivity contribution < 1.29 is 13.9 Å². The molecule has 144 valence electrons. The number of morpholine rings is 1. The smallest absolute Gasteiger partial charge is 0.248 e. The lowest BCUT2D eigenvalue weighted by Crippen LogP contribution is -2.36. The molecule has 0 spiro atoms. The van der Waals surface area contributed by atoms with Crippen molar-refractivity contribution in [3.63, 3.8) is 0 Å². The molecule has 1 amide bonds. The van der Waals surface area contributed by atoms with Gasteiger partial charge in [0.1, 0.15) is 12.4 Å². The Morgan fingerprint density at radius 3 is 2.68 bits per heavy atom. The van der Waals surface area contributed by atoms with E-state index in [-0.39, 0.29) is 24.1 Å². The predicted molar refractivity (Wildman–Crippen MR) is 101 cm³/mol. The summed E-state index contributed by atoms with van der Waals surface area (Å²) in [6.45, 7) is 3.07. The average molecular weight is 382 g/mol. The van der Waals surface area contributed by atoms with E-state index < -0.39 is 0 Å². The number of nitrogens with zero attached hydrogens (tertiary/aromatic N) is 5. The first kappa shape index (κ1) is 18.1. The molecule has 0 atom stereocenters. The number of ether oxygens (including phenoxy) is 1. The molecule has 2 aromatic carbocycles. The van der Waals surface area contributed by atoms with E-state index >= 15 is 0 Å². The van der Waals surface area contributed by atoms with Crippen LogP contribution in [0.25, 0.3) is 11.4 Å². The molecule has 4 rings (SSSR count). The molecule has 1 aliphatic heterocycles. The van der Waals surface area contributed by atoms with E-state index in [1.165, 1.54) is 16.9 Å². The van der Waals surface area contributed by atoms with Gasteiger partial charge in [-0.15, -0.1) is 10.2 Å². The van der Waals surface area contributed by atoms with Crippen molar-refractivity contribution in [2.45, 2.75) is 6.54 Å². The van der Waals surface area contributed by atoms with Crippen molar-refractivity contribution in [2.75, 3.05) is 36.5 Å². The summed E-state index contributed by atoms with van der Waals surface area (Å²) in [5, 5.41) is 14.7. The molecule has 0 radical (unpaired) electrons. The molecule has 1 saturated heterocycles. The van der Waals surface area contributed by atoms with Crippen LogP contribution in [0.5, 0.6) is 0 Å². The predicted octanol–water partition coefficient (Wildman–Crippen LogP) is 1.95. The third-order valence-corrected chi connectivity index (χ3v) is 4.35. The van der Waals surface area contributed by atoms with Crippen LogP contribution in [0.2, 0.25) is 0 Å². The number of anilines is 2. The van der Waals surface area contributed by atoms with Crippen molar-refractivity contribution in [3.8, 4) is 11.4 Å². The summed E-state index contributed by atoms with van der Waals surface area (Å²) >= 11 is 0. The molecular formula is C19H19FN6O2. The molecule has 0 saturated carbocycles. The third-order valence-electron chi connectivity index (χ3n) is 4.35. The van der Waals surface area contributed by atoms with E-state index in [1.807, 2.05) is 24.3 Å². The number of nitrogens with one attached hydrogen (secondary N) is 1. The molecule has 0 unspecified atom stereocenters. The van der Waals surface area contributed by atoms with Gasteiger partial charge in [0.25, 0.3) is 0 Å². The quantitative estimate of drug-likeness (QED) is 0.726. The first-order valence-electron chi connectivity index (χ1n) is 8.94. The fourth-order valence-electron chi connectivity index (χ4n) is 2.96. The lowest BCUT2D eigenvalue weighted by atomic mass is 10.2. The van der Waals surface area contributed by atoms with Crippen LogP contribution in [0.1, 0.15) is 0 Å². The van der Waals surface area contributed by atoms with Crippen LogP contribution in [0.4, 0.5) is 15.8 Å². The van der Waals surface area contributed by atoms with Crippen LogP contribution in [0.3, 0.4) is 0 Å². The minimum absolute atomic E-state index is 0.0898. The van der Waals surface area contributed by atoms with Crippen LogP contribution in [0, 0.1) is 5.82 Å². The third kappa shape index (κ3) is 4.32. The number of hydrogen-bond acceptors (Lipinski definition) is 6. The van der Waals surface area contributed by atoms with Gasteiger partial charge in [0, 0.05) is 30.0 Å². The Kier molecular flexibility index (Phi) is 5.24. The number of rotatable bonds is 5. The van der Waals surface area contributed by atoms with Crippen molar-refractivity contribution in [2.24, 2.45) is 0 Å². The Hall–Kier alpha value is -3.33. The molecule has 1 N–H and O–H groups in total. The number of carbonyl (C=O) groups excluding carboxylic acids is 1. The van der Waals surface area contributed by atoms with E-state index in [0.29, 0.717) is 11.3 Å². The lowest BCUT2D eigenvalue weighted by molar-refractivity contribution is -0.117. The monoisotopic (exact) mass is 382 g/mol. The summed E-state index contributed by atoms with van der Waals surface area (Å²) in [6, 6.07) is 13.6. The maximum atomic E-state index is 13.3. The highest BCUT2D eigenvalue weighted by molar-refractivity contribution is 5.90. The Morgan fingerprint density at radius 1 is 1.14 bits per heavy atom. The minimum Gasteiger partial charge on any atom is -0.378 e. The summed E-state index contributed by atoms with van der Waals surface area (Å²) < 4.78 is 18.7. The van der Waals surface area contributed by atoms with Gasteiger partial charge < -0.3 is 15.0 Å². The molecule has 0 aliphatic carbocycles. The zero-order valence-electron chi connectivity index (χ0n) is 15.1. The number of hydrogen-bond donors (Lipinski definition) is 1. The molecule has 1 aliphatic rings. The van der Waals surface area contributed by atoms with Crippen LogP contribution in [0.15, 0.2) is 48.5 Å². The van der Waals surface area contributed by atoms with Gasteiger partial charge in [0.2, 0.25) is 11.7 Å². The van der Waals surface area contributed by atoms with Gasteiger partial charge in [0.15, 0.2) is 0 Å². The maximum absolute atomic E-state index is 13.3. The highest BCUT2D eigenvalue weighted by Crippen LogP contribution is 2.19. The fraction of sp³-hybridized carbons (Fsp3) is 0.263. The number of benzene rings is 2. The summed E-state index contributed by atoms with van der Waals surface area (Å²) in [6.07, 6.45) is 0. The van der Waals surface area contributed by atoms with Gasteiger partial charge >= 0.3 is 0 Å². The largest absolute Gasteiger partial charge is 0.378 e. The summed E-state index contributed by atoms with van der Waals surface area (Å²) in [4.78, 5) is 15.7. The molecule has 1 fully saturated rings. The zero-order chi connectivity index (χ0) is 19.3. The van der Waals surface area contributed by atoms with Gasteiger partial charge in [-0.05, 0) is 41.6 Å². The van der Waals surface area contributed by atoms with E-state index in [0.717, 1.165) is 32.0 Å². The summed E-state index contributed by atoms with van der Waals surface area (Å²) in [7, 11) is 0. The van der Waals surface area contributed by atoms with Gasteiger partial charge in [-0.1, -0.05) is 12.1 Å². The van der Waals surface area contributed by atoms with Gasteiger partial charge in [-0.2, -0.15) is 4.80 Å². The van der Waals surface area contributed by atoms with E-state index in [1.54, 1.807) is 12.1 Å². The van der Waals surface area contributed by atoms with Crippen molar-refractivity contribution in [1.82, 2.24) is 20.2 Å². The second-order valence-corrected chi connectivity index (χ2v) is 6.35. The lowest BCUT2D eigenvalue weighted by Gasteiger charge is -2.28. The molecule has 8 nitrogen and oxygen atoms in total. The number of carbonyl (C=O) groups is 1. The normalized spacial score (nSPS) is 14.1. The minimum atomic E-state index is -0.382. The highest BCUT2D eigenvalue weighted by atomic mass is 19.1. The zero-order valence-corrected chi connectivity index (χ0v) is 15.1. The second-order valence-electron chi connectivity index (χ2n) is 6.35. The Bertz CT molecular complexity index is 953. The SMILES string of the molecule is O=C(Cn1nnc(-c2cccc(F)c2)n1)Nc1ccc(N2CCOCC2)cc1. The Morgan fingerprint density at radius 2 is 1.93 bits per heavy atom. The second kappa shape index (κ2) is 8.13. The molecule has 28 heavy (non-hydrogen) atoms.